The van der Waals surface area contributed by atoms with Crippen LogP contribution in [0.2, 0.25) is 0 Å². The van der Waals surface area contributed by atoms with Crippen LogP contribution in [0.4, 0.5) is 11.4 Å². The first kappa shape index (κ1) is 15.9. The Balaban J connectivity index is 2.37. The summed E-state index contributed by atoms with van der Waals surface area (Å²) in [5.41, 5.74) is 0.696. The van der Waals surface area contributed by atoms with Crippen molar-refractivity contribution in [3.8, 4) is 5.75 Å². The van der Waals surface area contributed by atoms with Gasteiger partial charge in [-0.1, -0.05) is 6.07 Å². The van der Waals surface area contributed by atoms with Gasteiger partial charge in [-0.3, -0.25) is 10.1 Å². The zero-order valence-corrected chi connectivity index (χ0v) is 13.6. The molecule has 1 aliphatic rings. The quantitative estimate of drug-likeness (QED) is 0.613. The molecule has 0 saturated carbocycles. The highest BCUT2D eigenvalue weighted by Gasteiger charge is 2.37. The maximum atomic E-state index is 11.4. The molecule has 0 amide bonds. The second-order valence-corrected chi connectivity index (χ2v) is 6.37. The molecule has 1 saturated heterocycles. The number of nitrogens with zero attached hydrogens (tertiary/aromatic N) is 3. The fraction of sp³-hybridized carbons (Fsp3) is 0.571. The molecule has 6 nitrogen and oxygen atoms in total. The van der Waals surface area contributed by atoms with Gasteiger partial charge in [0.1, 0.15) is 5.69 Å². The fourth-order valence-corrected chi connectivity index (χ4v) is 3.77. The number of nitro benzene ring substituents is 1. The van der Waals surface area contributed by atoms with Crippen LogP contribution in [-0.4, -0.2) is 61.7 Å². The first-order chi connectivity index (χ1) is 9.99. The van der Waals surface area contributed by atoms with E-state index < -0.39 is 0 Å². The molecule has 0 bridgehead atoms. The predicted octanol–water partition coefficient (Wildman–Crippen LogP) is 2.09. The van der Waals surface area contributed by atoms with Gasteiger partial charge in [-0.05, 0) is 32.5 Å². The van der Waals surface area contributed by atoms with Gasteiger partial charge in [-0.2, -0.15) is 11.8 Å². The number of hydrogen-bond donors (Lipinski definition) is 0. The summed E-state index contributed by atoms with van der Waals surface area (Å²) in [6, 6.07) is 5.62. The van der Waals surface area contributed by atoms with Crippen LogP contribution in [0.1, 0.15) is 0 Å². The largest absolute Gasteiger partial charge is 0.490 e. The van der Waals surface area contributed by atoms with E-state index in [1.54, 1.807) is 18.2 Å². The molecule has 0 spiro atoms. The van der Waals surface area contributed by atoms with E-state index in [1.807, 2.05) is 11.8 Å². The van der Waals surface area contributed by atoms with Crippen molar-refractivity contribution in [1.29, 1.82) is 0 Å². The number of likely N-dealkylation sites (N-methyl/N-ethyl adjacent to an activating group) is 1. The Morgan fingerprint density at radius 2 is 2.14 bits per heavy atom. The summed E-state index contributed by atoms with van der Waals surface area (Å²) < 4.78 is 5.15. The average Bonchev–Trinajstić information content (AvgIpc) is 2.90. The van der Waals surface area contributed by atoms with Crippen molar-refractivity contribution < 1.29 is 9.66 Å². The number of ether oxygens (including phenoxy) is 1. The lowest BCUT2D eigenvalue weighted by molar-refractivity contribution is -0.385. The maximum absolute atomic E-state index is 11.4. The second-order valence-electron chi connectivity index (χ2n) is 5.30. The lowest BCUT2D eigenvalue weighted by Crippen LogP contribution is -2.36. The summed E-state index contributed by atoms with van der Waals surface area (Å²) in [6.45, 7) is 1.59. The van der Waals surface area contributed by atoms with E-state index in [-0.39, 0.29) is 10.6 Å². The summed E-state index contributed by atoms with van der Waals surface area (Å²) in [7, 11) is 5.57. The zero-order valence-electron chi connectivity index (χ0n) is 12.8. The molecule has 1 heterocycles. The minimum atomic E-state index is -0.356. The Hall–Kier alpha value is -1.47. The van der Waals surface area contributed by atoms with Gasteiger partial charge in [0, 0.05) is 24.4 Å². The van der Waals surface area contributed by atoms with Gasteiger partial charge in [-0.25, -0.2) is 0 Å². The molecule has 0 unspecified atom stereocenters. The SMILES string of the molecule is COc1cccc(N2C[C@H](SC)[C@H](N(C)C)C2)c1[N+](=O)[O-]. The predicted molar refractivity (Wildman–Crippen MR) is 86.6 cm³/mol. The Bertz CT molecular complexity index is 524. The molecule has 2 rings (SSSR count). The van der Waals surface area contributed by atoms with E-state index in [0.717, 1.165) is 13.1 Å². The summed E-state index contributed by atoms with van der Waals surface area (Å²) in [6.07, 6.45) is 2.09. The maximum Gasteiger partial charge on any atom is 0.333 e. The second kappa shape index (κ2) is 6.53. The van der Waals surface area contributed by atoms with Crippen LogP contribution in [0.15, 0.2) is 18.2 Å². The Morgan fingerprint density at radius 1 is 1.43 bits per heavy atom. The third-order valence-corrected chi connectivity index (χ3v) is 4.99. The van der Waals surface area contributed by atoms with Crippen LogP contribution in [0, 0.1) is 10.1 Å². The van der Waals surface area contributed by atoms with Crippen LogP contribution in [0.3, 0.4) is 0 Å². The number of benzene rings is 1. The number of methoxy groups -OCH3 is 1. The normalized spacial score (nSPS) is 21.9. The third kappa shape index (κ3) is 3.08. The minimum Gasteiger partial charge on any atom is -0.490 e. The molecule has 1 aliphatic heterocycles. The molecule has 0 aromatic heterocycles. The van der Waals surface area contributed by atoms with Crippen molar-refractivity contribution in [3.05, 3.63) is 28.3 Å². The minimum absolute atomic E-state index is 0.0549. The van der Waals surface area contributed by atoms with Crippen molar-refractivity contribution in [3.63, 3.8) is 0 Å². The van der Waals surface area contributed by atoms with Crippen LogP contribution < -0.4 is 9.64 Å². The number of para-hydroxylation sites is 1. The van der Waals surface area contributed by atoms with Crippen molar-refractivity contribution in [1.82, 2.24) is 4.90 Å². The highest BCUT2D eigenvalue weighted by Crippen LogP contribution is 2.39. The van der Waals surface area contributed by atoms with Crippen molar-refractivity contribution in [2.24, 2.45) is 0 Å². The first-order valence-electron chi connectivity index (χ1n) is 6.75. The molecule has 0 N–H and O–H groups in total. The monoisotopic (exact) mass is 311 g/mol. The molecule has 21 heavy (non-hydrogen) atoms. The Kier molecular flexibility index (Phi) is 4.95. The van der Waals surface area contributed by atoms with E-state index in [0.29, 0.717) is 22.7 Å². The Morgan fingerprint density at radius 3 is 2.62 bits per heavy atom. The van der Waals surface area contributed by atoms with E-state index in [4.69, 9.17) is 4.74 Å². The van der Waals surface area contributed by atoms with Crippen LogP contribution in [0.5, 0.6) is 5.75 Å². The molecule has 1 fully saturated rings. The molecule has 1 aromatic rings. The number of hydrogen-bond acceptors (Lipinski definition) is 6. The lowest BCUT2D eigenvalue weighted by atomic mass is 10.2. The van der Waals surface area contributed by atoms with Crippen molar-refractivity contribution >= 4 is 23.1 Å². The fourth-order valence-electron chi connectivity index (χ4n) is 2.80. The summed E-state index contributed by atoms with van der Waals surface area (Å²) in [4.78, 5) is 15.3. The molecule has 7 heteroatoms. The van der Waals surface area contributed by atoms with Crippen molar-refractivity contribution in [2.45, 2.75) is 11.3 Å². The van der Waals surface area contributed by atoms with Gasteiger partial charge < -0.3 is 14.5 Å². The highest BCUT2D eigenvalue weighted by atomic mass is 32.2. The third-order valence-electron chi connectivity index (χ3n) is 3.92. The number of anilines is 1. The van der Waals surface area contributed by atoms with E-state index in [9.17, 15) is 10.1 Å². The molecule has 1 aromatic carbocycles. The number of rotatable bonds is 5. The van der Waals surface area contributed by atoms with Gasteiger partial charge in [0.15, 0.2) is 5.75 Å². The number of nitro groups is 1. The molecular formula is C14H21N3O3S. The zero-order chi connectivity index (χ0) is 15.6. The Labute approximate surface area is 129 Å². The summed E-state index contributed by atoms with van der Waals surface area (Å²) >= 11 is 1.81. The van der Waals surface area contributed by atoms with E-state index in [1.165, 1.54) is 7.11 Å². The van der Waals surface area contributed by atoms with Crippen molar-refractivity contribution in [2.75, 3.05) is 45.5 Å². The average molecular weight is 311 g/mol. The van der Waals surface area contributed by atoms with Crippen LogP contribution in [0.25, 0.3) is 0 Å². The molecule has 116 valence electrons. The topological polar surface area (TPSA) is 58.8 Å². The summed E-state index contributed by atoms with van der Waals surface area (Å²) in [5, 5.41) is 11.8. The smallest absolute Gasteiger partial charge is 0.333 e. The van der Waals surface area contributed by atoms with E-state index >= 15 is 0 Å². The molecule has 2 atom stereocenters. The lowest BCUT2D eigenvalue weighted by Gasteiger charge is -2.23. The van der Waals surface area contributed by atoms with Gasteiger partial charge in [0.05, 0.1) is 12.0 Å². The van der Waals surface area contributed by atoms with Gasteiger partial charge in [0.2, 0.25) is 0 Å². The first-order valence-corrected chi connectivity index (χ1v) is 8.04. The van der Waals surface area contributed by atoms with Gasteiger partial charge >= 0.3 is 5.69 Å². The van der Waals surface area contributed by atoms with Gasteiger partial charge in [-0.15, -0.1) is 0 Å². The molecule has 0 radical (unpaired) electrons. The molecular weight excluding hydrogens is 290 g/mol. The summed E-state index contributed by atoms with van der Waals surface area (Å²) in [5.74, 6) is 0.312. The standard InChI is InChI=1S/C14H21N3O3S/c1-15(2)11-8-16(9-13(11)21-4)10-6-5-7-12(20-3)14(10)17(18)19/h5-7,11,13H,8-9H2,1-4H3/t11-,13+/m1/s1. The highest BCUT2D eigenvalue weighted by molar-refractivity contribution is 7.99. The van der Waals surface area contributed by atoms with Crippen LogP contribution >= 0.6 is 11.8 Å². The van der Waals surface area contributed by atoms with Gasteiger partial charge in [0.25, 0.3) is 0 Å². The van der Waals surface area contributed by atoms with E-state index in [2.05, 4.69) is 30.2 Å². The van der Waals surface area contributed by atoms with Crippen LogP contribution in [-0.2, 0) is 0 Å². The molecule has 0 aliphatic carbocycles. The number of thioether (sulfide) groups is 1.